The quantitative estimate of drug-likeness (QED) is 0.0701. The number of para-hydroxylation sites is 8. The Kier molecular flexibility index (Phi) is 19.5. The van der Waals surface area contributed by atoms with Crippen LogP contribution in [0.15, 0.2) is 458 Å². The molecule has 0 bridgehead atoms. The fourth-order valence-electron chi connectivity index (χ4n) is 21.0. The first-order chi connectivity index (χ1) is 66.7. The van der Waals surface area contributed by atoms with Gasteiger partial charge in [0.05, 0.1) is 33.2 Å². The van der Waals surface area contributed by atoms with E-state index in [1.165, 1.54) is 81.1 Å². The lowest BCUT2D eigenvalue weighted by Crippen LogP contribution is -2.37. The topological polar surface area (TPSA) is 57.7 Å². The number of rotatable bonds is 16. The Labute approximate surface area is 791 Å². The molecule has 8 nitrogen and oxygen atoms in total. The Morgan fingerprint density at radius 1 is 0.176 bits per heavy atom. The van der Waals surface area contributed by atoms with Crippen LogP contribution in [0.4, 0.5) is 68.2 Å². The summed E-state index contributed by atoms with van der Waals surface area (Å²) in [6.07, 6.45) is 0. The van der Waals surface area contributed by atoms with Crippen LogP contribution in [0.5, 0.6) is 23.0 Å². The van der Waals surface area contributed by atoms with Gasteiger partial charge in [-0.25, -0.2) is 0 Å². The highest BCUT2D eigenvalue weighted by Crippen LogP contribution is 2.57. The summed E-state index contributed by atoms with van der Waals surface area (Å²) >= 11 is 0. The van der Waals surface area contributed by atoms with E-state index in [4.69, 9.17) is 18.3 Å². The van der Waals surface area contributed by atoms with E-state index in [1.807, 2.05) is 24.3 Å². The predicted octanol–water partition coefficient (Wildman–Crippen LogP) is 35.9. The zero-order valence-corrected chi connectivity index (χ0v) is 78.1. The van der Waals surface area contributed by atoms with Crippen molar-refractivity contribution < 1.29 is 18.3 Å². The lowest BCUT2D eigenvalue weighted by atomic mass is 9.86. The summed E-state index contributed by atoms with van der Waals surface area (Å²) in [6.45, 7) is 14.4. The maximum absolute atomic E-state index is 6.99. The molecule has 0 spiro atoms. The first-order valence-corrected chi connectivity index (χ1v) is 53.8. The first-order valence-electron chi connectivity index (χ1n) is 46.8. The highest BCUT2D eigenvalue weighted by Gasteiger charge is 2.31. The zero-order chi connectivity index (χ0) is 91.0. The molecule has 26 rings (SSSR count). The molecule has 136 heavy (non-hydrogen) atoms. The molecule has 0 saturated carbocycles. The highest BCUT2D eigenvalue weighted by molar-refractivity contribution is 6.89. The Morgan fingerprint density at radius 3 is 0.853 bits per heavy atom. The van der Waals surface area contributed by atoms with E-state index < -0.39 is 16.1 Å². The number of furan rings is 2. The van der Waals surface area contributed by atoms with Crippen LogP contribution in [-0.4, -0.2) is 16.1 Å². The van der Waals surface area contributed by atoms with Gasteiger partial charge in [-0.3, -0.25) is 0 Å². The molecule has 22 aromatic carbocycles. The van der Waals surface area contributed by atoms with Crippen LogP contribution in [0.2, 0.25) is 39.3 Å². The molecule has 0 N–H and O–H groups in total. The van der Waals surface area contributed by atoms with Crippen molar-refractivity contribution in [3.63, 3.8) is 0 Å². The number of hydrogen-bond acceptors (Lipinski definition) is 8. The van der Waals surface area contributed by atoms with Gasteiger partial charge in [0.15, 0.2) is 11.2 Å². The third-order valence-corrected chi connectivity index (χ3v) is 31.7. The van der Waals surface area contributed by atoms with Crippen LogP contribution in [0.1, 0.15) is 0 Å². The summed E-state index contributed by atoms with van der Waals surface area (Å²) in [5.41, 5.74) is 25.4. The number of ether oxygens (including phenoxy) is 2. The summed E-state index contributed by atoms with van der Waals surface area (Å²) in [4.78, 5) is 9.26. The van der Waals surface area contributed by atoms with Crippen molar-refractivity contribution in [1.29, 1.82) is 0 Å². The zero-order valence-electron chi connectivity index (χ0n) is 76.1. The van der Waals surface area contributed by atoms with Gasteiger partial charge in [-0.2, -0.15) is 0 Å². The van der Waals surface area contributed by atoms with Gasteiger partial charge in [-0.05, 0) is 269 Å². The second-order valence-electron chi connectivity index (χ2n) is 37.8. The molecule has 2 aromatic heterocycles. The second-order valence-corrected chi connectivity index (χ2v) is 47.9. The van der Waals surface area contributed by atoms with Crippen LogP contribution >= 0.6 is 0 Å². The van der Waals surface area contributed by atoms with Crippen molar-refractivity contribution in [3.8, 4) is 67.5 Å². The minimum Gasteiger partial charge on any atom is -0.456 e. The van der Waals surface area contributed by atoms with Crippen LogP contribution in [0.25, 0.3) is 153 Å². The number of fused-ring (bicyclic) bond motifs is 18. The van der Waals surface area contributed by atoms with E-state index in [2.05, 4.69) is 484 Å². The van der Waals surface area contributed by atoms with Crippen LogP contribution < -0.4 is 39.4 Å². The van der Waals surface area contributed by atoms with E-state index in [0.29, 0.717) is 0 Å². The summed E-state index contributed by atoms with van der Waals surface area (Å²) in [7, 11) is -2.89. The molecule has 2 aliphatic rings. The summed E-state index contributed by atoms with van der Waals surface area (Å²) < 4.78 is 27.1. The maximum atomic E-state index is 6.99. The van der Waals surface area contributed by atoms with Crippen molar-refractivity contribution in [2.75, 3.05) is 19.6 Å². The summed E-state index contributed by atoms with van der Waals surface area (Å²) in [5, 5.41) is 21.6. The predicted molar refractivity (Wildman–Crippen MR) is 579 cm³/mol. The van der Waals surface area contributed by atoms with Gasteiger partial charge < -0.3 is 37.9 Å². The average molecular weight is 1780 g/mol. The fourth-order valence-corrected chi connectivity index (χ4v) is 23.3. The molecule has 0 fully saturated rings. The van der Waals surface area contributed by atoms with Gasteiger partial charge in [0.25, 0.3) is 0 Å². The number of benzene rings is 22. The van der Waals surface area contributed by atoms with Crippen LogP contribution in [-0.2, 0) is 0 Å². The number of nitrogens with zero attached hydrogens (tertiary/aromatic N) is 4. The van der Waals surface area contributed by atoms with E-state index >= 15 is 0 Å². The van der Waals surface area contributed by atoms with Crippen LogP contribution in [0.3, 0.4) is 0 Å². The van der Waals surface area contributed by atoms with Gasteiger partial charge in [-0.1, -0.05) is 304 Å². The molecule has 0 aliphatic carbocycles. The molecule has 0 amide bonds. The lowest BCUT2D eigenvalue weighted by molar-refractivity contribution is 0.487. The molecule has 0 atom stereocenters. The number of hydrogen-bond donors (Lipinski definition) is 0. The minimum absolute atomic E-state index is 0.807. The smallest absolute Gasteiger partial charge is 0.159 e. The van der Waals surface area contributed by atoms with E-state index in [9.17, 15) is 0 Å². The SMILES string of the molecule is C[Si](C)(C)c1ccc(N(c2ccccc2)c2ccc(-c3cc4c5cccc6c5c(cc4c4ccccc34)-c3ccc(N(c4ccccc4)c4ccc([Si](C)(C)C)cc4)cc3O6)cc2)cc1.c1ccc(N(c2ccc(-c3cc4c5cccc6c5c(cc4c4ccccc34)-c3ccc(N(c4ccccc4)c4cccc5c4oc4ccccc45)cc3O6)cc2)c2cccc3c2oc2ccccc23)cc1. The first kappa shape index (κ1) is 81.2. The molecular weight excluding hydrogens is 1690 g/mol. The monoisotopic (exact) mass is 1780 g/mol. The number of anilines is 12. The summed E-state index contributed by atoms with van der Waals surface area (Å²) in [5.74, 6) is 3.39. The van der Waals surface area contributed by atoms with Crippen molar-refractivity contribution in [2.24, 2.45) is 0 Å². The van der Waals surface area contributed by atoms with Crippen molar-refractivity contribution in [3.05, 3.63) is 449 Å². The Hall–Kier alpha value is -16.8. The lowest BCUT2D eigenvalue weighted by Gasteiger charge is -2.29. The van der Waals surface area contributed by atoms with Crippen molar-refractivity contribution in [1.82, 2.24) is 0 Å². The van der Waals surface area contributed by atoms with Crippen LogP contribution in [0, 0.1) is 0 Å². The molecule has 0 unspecified atom stereocenters. The highest BCUT2D eigenvalue weighted by atomic mass is 28.3. The van der Waals surface area contributed by atoms with E-state index in [1.54, 1.807) is 0 Å². The fraction of sp³-hybridized carbons (Fsp3) is 0.0476. The molecule has 648 valence electrons. The molecule has 4 heterocycles. The molecule has 10 heteroatoms. The molecule has 2 aliphatic heterocycles. The second kappa shape index (κ2) is 32.6. The third-order valence-electron chi connectivity index (χ3n) is 27.6. The van der Waals surface area contributed by atoms with Crippen molar-refractivity contribution >= 4 is 203 Å². The Morgan fingerprint density at radius 2 is 0.456 bits per heavy atom. The largest absolute Gasteiger partial charge is 0.456 e. The van der Waals surface area contributed by atoms with Crippen molar-refractivity contribution in [2.45, 2.75) is 39.3 Å². The molecule has 0 radical (unpaired) electrons. The van der Waals surface area contributed by atoms with Gasteiger partial charge in [0, 0.05) is 107 Å². The Bertz CT molecular complexity index is 8860. The Balaban J connectivity index is 0.000000145. The van der Waals surface area contributed by atoms with E-state index in [-0.39, 0.29) is 0 Å². The molecule has 0 saturated heterocycles. The standard InChI is InChI=1S/C66H40N2O3.C60H52N2OSi2/c1-3-16-42(17-4-1)67(58-27-13-25-52-48-22-9-11-29-60(48)70-65(52)58)44-34-32-41(33-35-44)54-39-56-51-24-15-31-62-64(51)57(40-55(56)47-21-8-7-20-46(47)54)50-37-36-45(38-63(50)69-62)68(43-18-5-2-6-19-43)59-28-14-26-53-49-23-10-12-30-61(49)71-66(53)59;1-64(2,3)48-33-28-45(29-34-48)61(42-16-9-7-10-17-42)44-26-24-41(25-27-44)54-39-56-53-22-15-23-58-60(53)57(40-55(56)51-21-14-13-20-50(51)54)52-37-32-47(38-59(52)63-58)62(43-18-11-8-12-19-43)46-30-35-49(36-31-46)65(4,5)6/h1-40H;7-40H,1-6H3. The van der Waals surface area contributed by atoms with Gasteiger partial charge in [0.1, 0.15) is 34.2 Å². The van der Waals surface area contributed by atoms with Gasteiger partial charge >= 0.3 is 0 Å². The van der Waals surface area contributed by atoms with Gasteiger partial charge in [0.2, 0.25) is 0 Å². The minimum atomic E-state index is -1.46. The third kappa shape index (κ3) is 13.9. The molecular formula is C126H92N4O4Si2. The van der Waals surface area contributed by atoms with E-state index in [0.717, 1.165) is 174 Å². The summed E-state index contributed by atoms with van der Waals surface area (Å²) in [6, 6.07) is 162. The molecule has 24 aromatic rings. The maximum Gasteiger partial charge on any atom is 0.159 e. The normalized spacial score (nSPS) is 12.2. The van der Waals surface area contributed by atoms with Gasteiger partial charge in [-0.15, -0.1) is 0 Å². The average Bonchev–Trinajstić information content (AvgIpc) is 1.02.